The molecule has 3 heterocycles. The number of carbonyl (C=O) groups excluding carboxylic acids is 5. The summed E-state index contributed by atoms with van der Waals surface area (Å²) in [7, 11) is 0. The van der Waals surface area contributed by atoms with Crippen molar-refractivity contribution in [3.63, 3.8) is 0 Å². The van der Waals surface area contributed by atoms with Crippen LogP contribution in [0, 0.1) is 17.2 Å². The van der Waals surface area contributed by atoms with Crippen molar-refractivity contribution >= 4 is 64.4 Å². The van der Waals surface area contributed by atoms with Crippen LogP contribution in [0.5, 0.6) is 0 Å². The normalized spacial score (nSPS) is 19.5. The Labute approximate surface area is 280 Å². The number of amides is 5. The van der Waals surface area contributed by atoms with Crippen molar-refractivity contribution in [3.05, 3.63) is 75.5 Å². The molecule has 15 heteroatoms. The fourth-order valence-electron chi connectivity index (χ4n) is 6.13. The predicted octanol–water partition coefficient (Wildman–Crippen LogP) is 2.79. The molecule has 2 aromatic carbocycles. The minimum atomic E-state index is -1.41. The average molecular weight is 680 g/mol. The van der Waals surface area contributed by atoms with Gasteiger partial charge in [0, 0.05) is 36.0 Å². The summed E-state index contributed by atoms with van der Waals surface area (Å²) in [6.07, 6.45) is 2.22. The highest BCUT2D eigenvalue weighted by atomic mass is 35.5. The lowest BCUT2D eigenvalue weighted by atomic mass is 9.91. The van der Waals surface area contributed by atoms with Crippen LogP contribution in [0.2, 0.25) is 10.0 Å². The minimum Gasteiger partial charge on any atom is -0.370 e. The van der Waals surface area contributed by atoms with Gasteiger partial charge in [0.25, 0.3) is 11.8 Å². The van der Waals surface area contributed by atoms with Gasteiger partial charge in [0.1, 0.15) is 17.3 Å². The molecule has 2 unspecified atom stereocenters. The number of nitrogens with zero attached hydrogens (tertiary/aromatic N) is 5. The van der Waals surface area contributed by atoms with Crippen LogP contribution in [0.15, 0.2) is 48.7 Å². The number of nitriles is 1. The molecule has 5 N–H and O–H groups in total. The third-order valence-corrected chi connectivity index (χ3v) is 8.92. The molecule has 0 radical (unpaired) electrons. The number of rotatable bonds is 10. The van der Waals surface area contributed by atoms with Crippen molar-refractivity contribution in [2.24, 2.45) is 17.4 Å². The Morgan fingerprint density at radius 1 is 1.13 bits per heavy atom. The second-order valence-corrected chi connectivity index (χ2v) is 12.7. The van der Waals surface area contributed by atoms with E-state index in [2.05, 4.69) is 16.4 Å². The first-order valence-corrected chi connectivity index (χ1v) is 15.6. The molecule has 1 aromatic heterocycles. The molecule has 0 spiro atoms. The molecule has 244 valence electrons. The molecule has 0 bridgehead atoms. The number of primary amides is 2. The number of aromatic nitrogens is 2. The maximum Gasteiger partial charge on any atom is 0.270 e. The zero-order valence-corrected chi connectivity index (χ0v) is 26.9. The van der Waals surface area contributed by atoms with Crippen LogP contribution in [0.25, 0.3) is 0 Å². The maximum atomic E-state index is 14.3. The number of benzene rings is 2. The number of nitrogens with one attached hydrogen (secondary N) is 1. The van der Waals surface area contributed by atoms with Gasteiger partial charge in [0.05, 0.1) is 29.4 Å². The first kappa shape index (κ1) is 33.4. The molecule has 13 nitrogen and oxygen atoms in total. The van der Waals surface area contributed by atoms with Gasteiger partial charge in [-0.05, 0) is 62.1 Å². The number of likely N-dealkylation sites (tertiary alicyclic amines) is 1. The van der Waals surface area contributed by atoms with E-state index in [1.54, 1.807) is 43.3 Å². The number of hydrogen-bond donors (Lipinski definition) is 3. The number of nitrogens with two attached hydrogens (primary N) is 2. The monoisotopic (exact) mass is 678 g/mol. The summed E-state index contributed by atoms with van der Waals surface area (Å²) >= 11 is 12.6. The lowest BCUT2D eigenvalue weighted by molar-refractivity contribution is -0.137. The van der Waals surface area contributed by atoms with Gasteiger partial charge in [-0.25, -0.2) is 9.88 Å². The number of fused-ring (bicyclic) bond motifs is 1. The number of anilines is 2. The zero-order chi connectivity index (χ0) is 34.0. The largest absolute Gasteiger partial charge is 0.370 e. The van der Waals surface area contributed by atoms with Gasteiger partial charge < -0.3 is 21.7 Å². The summed E-state index contributed by atoms with van der Waals surface area (Å²) < 4.78 is 1.50. The molecule has 47 heavy (non-hydrogen) atoms. The first-order chi connectivity index (χ1) is 22.3. The summed E-state index contributed by atoms with van der Waals surface area (Å²) in [5, 5.41) is 12.5. The molecule has 5 amide bonds. The van der Waals surface area contributed by atoms with Gasteiger partial charge in [-0.3, -0.25) is 28.5 Å². The number of hydrogen-bond acceptors (Lipinski definition) is 7. The first-order valence-electron chi connectivity index (χ1n) is 14.9. The van der Waals surface area contributed by atoms with E-state index in [9.17, 15) is 29.2 Å². The molecule has 0 aliphatic carbocycles. The highest BCUT2D eigenvalue weighted by Crippen LogP contribution is 2.43. The maximum absolute atomic E-state index is 14.3. The third-order valence-electron chi connectivity index (χ3n) is 8.49. The highest BCUT2D eigenvalue weighted by Gasteiger charge is 2.51. The number of carbonyl (C=O) groups is 5. The quantitative estimate of drug-likeness (QED) is 0.293. The fraction of sp³-hybridized carbons (Fsp3) is 0.344. The van der Waals surface area contributed by atoms with Crippen LogP contribution in [0.1, 0.15) is 54.2 Å². The second-order valence-electron chi connectivity index (χ2n) is 11.9. The smallest absolute Gasteiger partial charge is 0.270 e. The van der Waals surface area contributed by atoms with Gasteiger partial charge >= 0.3 is 0 Å². The Bertz CT molecular complexity index is 1780. The van der Waals surface area contributed by atoms with E-state index in [-0.39, 0.29) is 47.5 Å². The van der Waals surface area contributed by atoms with Crippen molar-refractivity contribution in [1.82, 2.24) is 19.8 Å². The molecule has 1 saturated heterocycles. The lowest BCUT2D eigenvalue weighted by Crippen LogP contribution is -2.53. The molecule has 2 aliphatic rings. The molecular formula is C32H32Cl2N8O5. The molecule has 5 rings (SSSR count). The highest BCUT2D eigenvalue weighted by molar-refractivity contribution is 6.35. The predicted molar refractivity (Wildman–Crippen MR) is 173 cm³/mol. The summed E-state index contributed by atoms with van der Waals surface area (Å²) in [4.78, 5) is 72.8. The second kappa shape index (κ2) is 13.4. The number of imidazole rings is 1. The van der Waals surface area contributed by atoms with E-state index in [4.69, 9.17) is 34.7 Å². The van der Waals surface area contributed by atoms with E-state index >= 15 is 0 Å². The van der Waals surface area contributed by atoms with E-state index in [1.165, 1.54) is 26.6 Å². The van der Waals surface area contributed by atoms with Crippen LogP contribution in [0.3, 0.4) is 0 Å². The van der Waals surface area contributed by atoms with Crippen LogP contribution in [0.4, 0.5) is 11.6 Å². The Morgan fingerprint density at radius 2 is 1.81 bits per heavy atom. The van der Waals surface area contributed by atoms with Crippen LogP contribution in [-0.4, -0.2) is 63.1 Å². The van der Waals surface area contributed by atoms with Crippen molar-refractivity contribution in [2.75, 3.05) is 18.0 Å². The SMILES string of the molecule is CC1(Cc2ccc(C#N)cc2)C(=O)N(c2cc(Cl)cc(Cl)c2)c2ncc(C(=O)N[C@@H](CCC(N)=O)C(=O)N3CCCC(C(N)=O)C3)n21. The van der Waals surface area contributed by atoms with Gasteiger partial charge in [-0.1, -0.05) is 35.3 Å². The van der Waals surface area contributed by atoms with Gasteiger partial charge in [-0.2, -0.15) is 5.26 Å². The van der Waals surface area contributed by atoms with E-state index in [0.717, 1.165) is 0 Å². The summed E-state index contributed by atoms with van der Waals surface area (Å²) in [6.45, 7) is 2.10. The third kappa shape index (κ3) is 6.79. The number of piperidine rings is 1. The van der Waals surface area contributed by atoms with E-state index < -0.39 is 47.0 Å². The lowest BCUT2D eigenvalue weighted by Gasteiger charge is -2.34. The topological polar surface area (TPSA) is 198 Å². The van der Waals surface area contributed by atoms with Gasteiger partial charge in [0.2, 0.25) is 23.7 Å². The summed E-state index contributed by atoms with van der Waals surface area (Å²) in [5.74, 6) is -3.23. The summed E-state index contributed by atoms with van der Waals surface area (Å²) in [5.41, 5.74) is 10.9. The van der Waals surface area contributed by atoms with Crippen molar-refractivity contribution < 1.29 is 24.0 Å². The minimum absolute atomic E-state index is 0.0225. The number of halogens is 2. The fourth-order valence-corrected chi connectivity index (χ4v) is 6.64. The van der Waals surface area contributed by atoms with Crippen molar-refractivity contribution in [3.8, 4) is 6.07 Å². The molecule has 3 atom stereocenters. The molecule has 2 aliphatic heterocycles. The summed E-state index contributed by atoms with van der Waals surface area (Å²) in [6, 6.07) is 12.2. The van der Waals surface area contributed by atoms with Crippen molar-refractivity contribution in [1.29, 1.82) is 5.26 Å². The molecule has 3 aromatic rings. The standard InChI is InChI=1S/C32H32Cl2N8O5/c1-32(14-18-4-6-19(15-35)7-5-18)30(47)41(23-12-21(33)11-22(34)13-23)31-38-16-25(42(31)32)28(45)39-24(8-9-26(36)43)29(46)40-10-2-3-20(17-40)27(37)44/h4-7,11-13,16,20,24H,2-3,8-10,14,17H2,1H3,(H2,36,43)(H2,37,44)(H,39,45)/t20?,24-,32?/m0/s1. The van der Waals surface area contributed by atoms with Crippen molar-refractivity contribution in [2.45, 2.75) is 50.6 Å². The van der Waals surface area contributed by atoms with Crippen LogP contribution >= 0.6 is 23.2 Å². The van der Waals surface area contributed by atoms with Crippen LogP contribution < -0.4 is 21.7 Å². The molecular weight excluding hydrogens is 647 g/mol. The Hall–Kier alpha value is -4.93. The Morgan fingerprint density at radius 3 is 2.43 bits per heavy atom. The Balaban J connectivity index is 1.53. The molecule has 0 saturated carbocycles. The van der Waals surface area contributed by atoms with Gasteiger partial charge in [0.15, 0.2) is 0 Å². The average Bonchev–Trinajstić information content (AvgIpc) is 3.56. The zero-order valence-electron chi connectivity index (χ0n) is 25.4. The Kier molecular flexibility index (Phi) is 9.55. The van der Waals surface area contributed by atoms with E-state index in [1.807, 2.05) is 0 Å². The molecule has 1 fully saturated rings. The van der Waals surface area contributed by atoms with E-state index in [0.29, 0.717) is 36.2 Å². The van der Waals surface area contributed by atoms with Crippen LogP contribution in [-0.2, 0) is 31.1 Å². The van der Waals surface area contributed by atoms with Gasteiger partial charge in [-0.15, -0.1) is 0 Å².